The van der Waals surface area contributed by atoms with Crippen LogP contribution in [-0.4, -0.2) is 45.2 Å². The summed E-state index contributed by atoms with van der Waals surface area (Å²) >= 11 is 0. The van der Waals surface area contributed by atoms with E-state index in [9.17, 15) is 18.0 Å². The molecule has 4 rings (SSSR count). The van der Waals surface area contributed by atoms with Gasteiger partial charge in [-0.2, -0.15) is 4.72 Å². The first-order valence-corrected chi connectivity index (χ1v) is 15.2. The lowest BCUT2D eigenvalue weighted by Gasteiger charge is -2.24. The Morgan fingerprint density at radius 2 is 1.56 bits per heavy atom. The van der Waals surface area contributed by atoms with Gasteiger partial charge in [-0.1, -0.05) is 95.3 Å². The molecule has 3 aromatic rings. The zero-order valence-corrected chi connectivity index (χ0v) is 25.2. The number of benzene rings is 3. The summed E-state index contributed by atoms with van der Waals surface area (Å²) < 4.78 is 29.3. The summed E-state index contributed by atoms with van der Waals surface area (Å²) in [6, 6.07) is 22.4. The lowest BCUT2D eigenvalue weighted by atomic mass is 9.87. The largest absolute Gasteiger partial charge is 0.325 e. The van der Waals surface area contributed by atoms with Crippen LogP contribution in [0, 0.1) is 5.92 Å². The number of nitrogens with one attached hydrogen (secondary N) is 2. The number of amides is 2. The molecule has 0 fully saturated rings. The van der Waals surface area contributed by atoms with Gasteiger partial charge in [-0.05, 0) is 41.5 Å². The molecule has 0 radical (unpaired) electrons. The summed E-state index contributed by atoms with van der Waals surface area (Å²) in [7, 11) is -2.39. The molecule has 1 aliphatic heterocycles. The predicted molar refractivity (Wildman–Crippen MR) is 163 cm³/mol. The fraction of sp³-hybridized carbons (Fsp3) is 0.344. The Morgan fingerprint density at radius 3 is 2.17 bits per heavy atom. The molecular formula is C32H38N4O4S. The van der Waals surface area contributed by atoms with Crippen molar-refractivity contribution in [2.24, 2.45) is 10.9 Å². The fourth-order valence-corrected chi connectivity index (χ4v) is 5.96. The Bertz CT molecular complexity index is 1540. The van der Waals surface area contributed by atoms with Crippen LogP contribution in [0.5, 0.6) is 0 Å². The highest BCUT2D eigenvalue weighted by atomic mass is 32.2. The van der Waals surface area contributed by atoms with E-state index in [0.29, 0.717) is 11.4 Å². The molecule has 2 amide bonds. The maximum Gasteiger partial charge on any atom is 0.272 e. The molecule has 3 aromatic carbocycles. The van der Waals surface area contributed by atoms with Crippen LogP contribution < -0.4 is 14.9 Å². The van der Waals surface area contributed by atoms with Crippen molar-refractivity contribution in [2.75, 3.05) is 11.9 Å². The van der Waals surface area contributed by atoms with Crippen LogP contribution in [0.1, 0.15) is 57.7 Å². The number of para-hydroxylation sites is 1. The Hall–Kier alpha value is -3.82. The Morgan fingerprint density at radius 1 is 0.951 bits per heavy atom. The number of likely N-dealkylation sites (N-methyl/N-ethyl adjacent to an activating group) is 1. The number of aliphatic imine (C=N–C) groups is 1. The van der Waals surface area contributed by atoms with Crippen LogP contribution in [0.3, 0.4) is 0 Å². The average molecular weight is 575 g/mol. The van der Waals surface area contributed by atoms with Crippen molar-refractivity contribution in [3.05, 3.63) is 95.6 Å². The smallest absolute Gasteiger partial charge is 0.272 e. The third-order valence-electron chi connectivity index (χ3n) is 7.02. The van der Waals surface area contributed by atoms with E-state index in [0.717, 1.165) is 16.7 Å². The van der Waals surface area contributed by atoms with Gasteiger partial charge in [-0.15, -0.1) is 0 Å². The number of benzodiazepines with no additional fused rings is 1. The number of sulfonamides is 1. The maximum atomic E-state index is 13.6. The molecule has 9 heteroatoms. The zero-order chi connectivity index (χ0) is 29.9. The molecule has 0 aliphatic carbocycles. The van der Waals surface area contributed by atoms with Gasteiger partial charge in [-0.3, -0.25) is 9.59 Å². The highest BCUT2D eigenvalue weighted by Gasteiger charge is 2.34. The van der Waals surface area contributed by atoms with Gasteiger partial charge in [0.25, 0.3) is 5.91 Å². The molecule has 0 spiro atoms. The van der Waals surface area contributed by atoms with Crippen molar-refractivity contribution in [1.82, 2.24) is 10.0 Å². The van der Waals surface area contributed by atoms with Crippen LogP contribution in [0.2, 0.25) is 0 Å². The molecule has 2 N–H and O–H groups in total. The van der Waals surface area contributed by atoms with E-state index in [-0.39, 0.29) is 22.6 Å². The number of nitrogens with zero attached hydrogens (tertiary/aromatic N) is 2. The van der Waals surface area contributed by atoms with E-state index in [4.69, 9.17) is 4.99 Å². The molecule has 8 nitrogen and oxygen atoms in total. The van der Waals surface area contributed by atoms with E-state index in [1.165, 1.54) is 4.90 Å². The van der Waals surface area contributed by atoms with Crippen molar-refractivity contribution < 1.29 is 18.0 Å². The second-order valence-corrected chi connectivity index (χ2v) is 13.5. The minimum absolute atomic E-state index is 0.00291. The topological polar surface area (TPSA) is 108 Å². The SMILES string of the molecule is CC(C)CC(NS(=O)(=O)c1ccc(C(C)(C)C)cc1)C(=O)NC1N=C(c2ccccc2)c2ccccc2N(C)C1=O. The normalized spacial score (nSPS) is 16.6. The molecule has 2 unspecified atom stereocenters. The van der Waals surface area contributed by atoms with E-state index in [1.807, 2.05) is 89.2 Å². The second-order valence-electron chi connectivity index (χ2n) is 11.7. The van der Waals surface area contributed by atoms with Gasteiger partial charge in [0.1, 0.15) is 6.04 Å². The van der Waals surface area contributed by atoms with Crippen LogP contribution in [-0.2, 0) is 25.0 Å². The van der Waals surface area contributed by atoms with Crippen molar-refractivity contribution in [3.8, 4) is 0 Å². The molecule has 2 atom stereocenters. The van der Waals surface area contributed by atoms with Gasteiger partial charge in [0.2, 0.25) is 22.1 Å². The number of rotatable bonds is 8. The van der Waals surface area contributed by atoms with Crippen LogP contribution in [0.4, 0.5) is 5.69 Å². The van der Waals surface area contributed by atoms with Crippen LogP contribution in [0.15, 0.2) is 88.8 Å². The molecule has 0 bridgehead atoms. The minimum Gasteiger partial charge on any atom is -0.325 e. The first kappa shape index (κ1) is 30.1. The van der Waals surface area contributed by atoms with Crippen molar-refractivity contribution in [1.29, 1.82) is 0 Å². The number of hydrogen-bond acceptors (Lipinski definition) is 5. The van der Waals surface area contributed by atoms with Gasteiger partial charge in [-0.25, -0.2) is 13.4 Å². The number of hydrogen-bond donors (Lipinski definition) is 2. The lowest BCUT2D eigenvalue weighted by Crippen LogP contribution is -2.53. The molecule has 1 heterocycles. The average Bonchev–Trinajstić information content (AvgIpc) is 3.03. The molecular weight excluding hydrogens is 536 g/mol. The second kappa shape index (κ2) is 12.0. The lowest BCUT2D eigenvalue weighted by molar-refractivity contribution is -0.128. The summed E-state index contributed by atoms with van der Waals surface area (Å²) in [5.41, 5.74) is 3.63. The minimum atomic E-state index is -4.02. The van der Waals surface area contributed by atoms with Gasteiger partial charge in [0.05, 0.1) is 16.3 Å². The Balaban J connectivity index is 1.65. The van der Waals surface area contributed by atoms with Crippen LogP contribution >= 0.6 is 0 Å². The van der Waals surface area contributed by atoms with E-state index < -0.39 is 34.0 Å². The Kier molecular flexibility index (Phi) is 8.80. The third-order valence-corrected chi connectivity index (χ3v) is 8.51. The van der Waals surface area contributed by atoms with E-state index >= 15 is 0 Å². The highest BCUT2D eigenvalue weighted by Crippen LogP contribution is 2.27. The quantitative estimate of drug-likeness (QED) is 0.409. The van der Waals surface area contributed by atoms with Crippen molar-refractivity contribution in [2.45, 2.75) is 63.6 Å². The maximum absolute atomic E-state index is 13.6. The van der Waals surface area contributed by atoms with Gasteiger partial charge >= 0.3 is 0 Å². The monoisotopic (exact) mass is 574 g/mol. The number of carbonyl (C=O) groups is 2. The predicted octanol–water partition coefficient (Wildman–Crippen LogP) is 4.63. The molecule has 216 valence electrons. The molecule has 41 heavy (non-hydrogen) atoms. The van der Waals surface area contributed by atoms with Crippen molar-refractivity contribution >= 4 is 33.2 Å². The van der Waals surface area contributed by atoms with Crippen molar-refractivity contribution in [3.63, 3.8) is 0 Å². The fourth-order valence-electron chi connectivity index (χ4n) is 4.75. The van der Waals surface area contributed by atoms with Gasteiger partial charge in [0, 0.05) is 18.2 Å². The summed E-state index contributed by atoms with van der Waals surface area (Å²) in [5, 5.41) is 2.74. The molecule has 0 aromatic heterocycles. The molecule has 1 aliphatic rings. The van der Waals surface area contributed by atoms with Gasteiger partial charge in [0.15, 0.2) is 0 Å². The van der Waals surface area contributed by atoms with Gasteiger partial charge < -0.3 is 10.2 Å². The standard InChI is InChI=1S/C32H38N4O4S/c1-21(2)20-26(35-41(39,40)24-18-16-23(17-19-24)32(3,4)5)30(37)34-29-31(38)36(6)27-15-11-10-14-25(27)28(33-29)22-12-8-7-9-13-22/h7-19,21,26,29,35H,20H2,1-6H3,(H,34,37). The van der Waals surface area contributed by atoms with E-state index in [1.54, 1.807) is 31.3 Å². The number of fused-ring (bicyclic) bond motifs is 1. The first-order chi connectivity index (χ1) is 19.3. The summed E-state index contributed by atoms with van der Waals surface area (Å²) in [4.78, 5) is 33.5. The number of carbonyl (C=O) groups excluding carboxylic acids is 2. The summed E-state index contributed by atoms with van der Waals surface area (Å²) in [6.07, 6.45) is -1.02. The molecule has 0 saturated heterocycles. The highest BCUT2D eigenvalue weighted by molar-refractivity contribution is 7.89. The first-order valence-electron chi connectivity index (χ1n) is 13.7. The summed E-state index contributed by atoms with van der Waals surface area (Å²) in [6.45, 7) is 9.95. The van der Waals surface area contributed by atoms with E-state index in [2.05, 4.69) is 10.0 Å². The van der Waals surface area contributed by atoms with Crippen LogP contribution in [0.25, 0.3) is 0 Å². The summed E-state index contributed by atoms with van der Waals surface area (Å²) in [5.74, 6) is -1.06. The molecule has 0 saturated carbocycles. The Labute approximate surface area is 242 Å². The third kappa shape index (κ3) is 6.92. The zero-order valence-electron chi connectivity index (χ0n) is 24.4. The number of anilines is 1.